The van der Waals surface area contributed by atoms with Gasteiger partial charge in [0.05, 0.1) is 6.10 Å². The Bertz CT molecular complexity index is 207. The number of hydrogen-bond donors (Lipinski definition) is 1. The monoisotopic (exact) mass is 225 g/mol. The van der Waals surface area contributed by atoms with Crippen molar-refractivity contribution in [2.24, 2.45) is 11.8 Å². The maximum atomic E-state index is 10.3. The number of aliphatic hydroxyl groups excluding tert-OH is 1. The molecule has 0 aromatic rings. The quantitative estimate of drug-likeness (QED) is 0.751. The molecule has 0 saturated heterocycles. The molecule has 1 atom stereocenters. The van der Waals surface area contributed by atoms with Crippen LogP contribution in [0, 0.1) is 11.8 Å². The number of rotatable bonds is 6. The van der Waals surface area contributed by atoms with Crippen LogP contribution in [0.25, 0.3) is 0 Å². The molecule has 2 heteroatoms. The zero-order valence-electron chi connectivity index (χ0n) is 10.9. The predicted octanol–water partition coefficient (Wildman–Crippen LogP) is 2.66. The summed E-state index contributed by atoms with van der Waals surface area (Å²) >= 11 is 0. The van der Waals surface area contributed by atoms with Gasteiger partial charge in [0, 0.05) is 19.1 Å². The Morgan fingerprint density at radius 3 is 2.19 bits per heavy atom. The third kappa shape index (κ3) is 3.46. The standard InChI is InChI=1S/C14H27NO/c1-11(2)9-15(13-7-8-13)10-14(16)12-5-3-4-6-12/h11-14,16H,3-10H2,1-2H3. The fourth-order valence-electron chi connectivity index (χ4n) is 3.01. The van der Waals surface area contributed by atoms with E-state index in [9.17, 15) is 5.11 Å². The molecule has 0 radical (unpaired) electrons. The minimum absolute atomic E-state index is 0.0677. The second-order valence-electron chi connectivity index (χ2n) is 6.19. The van der Waals surface area contributed by atoms with Crippen LogP contribution in [0.5, 0.6) is 0 Å². The number of nitrogens with zero attached hydrogens (tertiary/aromatic N) is 1. The predicted molar refractivity (Wildman–Crippen MR) is 67.4 cm³/mol. The average Bonchev–Trinajstić information content (AvgIpc) is 2.91. The molecule has 0 aliphatic heterocycles. The lowest BCUT2D eigenvalue weighted by molar-refractivity contribution is 0.0581. The highest BCUT2D eigenvalue weighted by atomic mass is 16.3. The van der Waals surface area contributed by atoms with Crippen molar-refractivity contribution in [2.45, 2.75) is 64.5 Å². The van der Waals surface area contributed by atoms with Gasteiger partial charge in [-0.3, -0.25) is 4.90 Å². The highest BCUT2D eigenvalue weighted by molar-refractivity contribution is 4.87. The van der Waals surface area contributed by atoms with Gasteiger partial charge in [0.1, 0.15) is 0 Å². The van der Waals surface area contributed by atoms with Gasteiger partial charge in [0.25, 0.3) is 0 Å². The van der Waals surface area contributed by atoms with Crippen LogP contribution in [0.2, 0.25) is 0 Å². The molecule has 0 spiro atoms. The van der Waals surface area contributed by atoms with Crippen LogP contribution in [0.3, 0.4) is 0 Å². The molecule has 2 fully saturated rings. The highest BCUT2D eigenvalue weighted by Crippen LogP contribution is 2.31. The van der Waals surface area contributed by atoms with E-state index in [1.54, 1.807) is 0 Å². The third-order valence-electron chi connectivity index (χ3n) is 4.03. The molecule has 2 rings (SSSR count). The minimum Gasteiger partial charge on any atom is -0.392 e. The Labute approximate surface area is 100 Å². The van der Waals surface area contributed by atoms with Gasteiger partial charge in [-0.2, -0.15) is 0 Å². The van der Waals surface area contributed by atoms with E-state index < -0.39 is 0 Å². The van der Waals surface area contributed by atoms with Gasteiger partial charge in [0.2, 0.25) is 0 Å². The van der Waals surface area contributed by atoms with Crippen molar-refractivity contribution in [3.8, 4) is 0 Å². The molecule has 0 aromatic carbocycles. The van der Waals surface area contributed by atoms with Gasteiger partial charge in [-0.1, -0.05) is 26.7 Å². The molecule has 94 valence electrons. The first-order valence-corrected chi connectivity index (χ1v) is 7.09. The minimum atomic E-state index is -0.0677. The number of aliphatic hydroxyl groups is 1. The SMILES string of the molecule is CC(C)CN(CC(O)C1CCCC1)C1CC1. The second-order valence-corrected chi connectivity index (χ2v) is 6.19. The van der Waals surface area contributed by atoms with Crippen LogP contribution in [0.15, 0.2) is 0 Å². The fraction of sp³-hybridized carbons (Fsp3) is 1.00. The van der Waals surface area contributed by atoms with Crippen LogP contribution >= 0.6 is 0 Å². The van der Waals surface area contributed by atoms with Crippen LogP contribution < -0.4 is 0 Å². The molecule has 2 aliphatic carbocycles. The lowest BCUT2D eigenvalue weighted by Gasteiger charge is -2.29. The van der Waals surface area contributed by atoms with E-state index in [-0.39, 0.29) is 6.10 Å². The Kier molecular flexibility index (Phi) is 4.26. The first-order valence-electron chi connectivity index (χ1n) is 7.09. The first kappa shape index (κ1) is 12.4. The van der Waals surface area contributed by atoms with Crippen LogP contribution in [-0.2, 0) is 0 Å². The van der Waals surface area contributed by atoms with Gasteiger partial charge in [-0.15, -0.1) is 0 Å². The lowest BCUT2D eigenvalue weighted by Crippen LogP contribution is -2.39. The molecular formula is C14H27NO. The molecule has 0 bridgehead atoms. The van der Waals surface area contributed by atoms with E-state index in [0.717, 1.165) is 25.0 Å². The van der Waals surface area contributed by atoms with Gasteiger partial charge in [0.15, 0.2) is 0 Å². The van der Waals surface area contributed by atoms with Crippen molar-refractivity contribution in [3.63, 3.8) is 0 Å². The Balaban J connectivity index is 1.79. The molecule has 0 aromatic heterocycles. The normalized spacial score (nSPS) is 24.6. The summed E-state index contributed by atoms with van der Waals surface area (Å²) < 4.78 is 0. The van der Waals surface area contributed by atoms with Gasteiger partial charge < -0.3 is 5.11 Å². The summed E-state index contributed by atoms with van der Waals surface area (Å²) in [6.07, 6.45) is 7.79. The summed E-state index contributed by atoms with van der Waals surface area (Å²) in [5.41, 5.74) is 0. The zero-order valence-corrected chi connectivity index (χ0v) is 10.9. The smallest absolute Gasteiger partial charge is 0.0695 e. The summed E-state index contributed by atoms with van der Waals surface area (Å²) in [4.78, 5) is 2.54. The summed E-state index contributed by atoms with van der Waals surface area (Å²) in [6, 6.07) is 0.790. The Morgan fingerprint density at radius 2 is 1.69 bits per heavy atom. The van der Waals surface area contributed by atoms with Crippen molar-refractivity contribution in [2.75, 3.05) is 13.1 Å². The van der Waals surface area contributed by atoms with Gasteiger partial charge in [-0.25, -0.2) is 0 Å². The van der Waals surface area contributed by atoms with Crippen molar-refractivity contribution in [1.82, 2.24) is 4.90 Å². The summed E-state index contributed by atoms with van der Waals surface area (Å²) in [5.74, 6) is 1.31. The largest absolute Gasteiger partial charge is 0.392 e. The van der Waals surface area contributed by atoms with Crippen molar-refractivity contribution >= 4 is 0 Å². The van der Waals surface area contributed by atoms with Crippen LogP contribution in [0.4, 0.5) is 0 Å². The molecular weight excluding hydrogens is 198 g/mol. The number of hydrogen-bond acceptors (Lipinski definition) is 2. The Hall–Kier alpha value is -0.0800. The van der Waals surface area contributed by atoms with Crippen molar-refractivity contribution in [1.29, 1.82) is 0 Å². The molecule has 2 saturated carbocycles. The van der Waals surface area contributed by atoms with E-state index in [0.29, 0.717) is 5.92 Å². The highest BCUT2D eigenvalue weighted by Gasteiger charge is 2.32. The van der Waals surface area contributed by atoms with Gasteiger partial charge in [-0.05, 0) is 37.5 Å². The Morgan fingerprint density at radius 1 is 1.06 bits per heavy atom. The molecule has 1 N–H and O–H groups in total. The van der Waals surface area contributed by atoms with Crippen LogP contribution in [0.1, 0.15) is 52.4 Å². The van der Waals surface area contributed by atoms with E-state index in [2.05, 4.69) is 18.7 Å². The molecule has 2 aliphatic rings. The topological polar surface area (TPSA) is 23.5 Å². The van der Waals surface area contributed by atoms with Crippen molar-refractivity contribution in [3.05, 3.63) is 0 Å². The van der Waals surface area contributed by atoms with Gasteiger partial charge >= 0.3 is 0 Å². The van der Waals surface area contributed by atoms with E-state index in [1.807, 2.05) is 0 Å². The summed E-state index contributed by atoms with van der Waals surface area (Å²) in [5, 5.41) is 10.3. The van der Waals surface area contributed by atoms with E-state index in [1.165, 1.54) is 38.5 Å². The van der Waals surface area contributed by atoms with E-state index in [4.69, 9.17) is 0 Å². The third-order valence-corrected chi connectivity index (χ3v) is 4.03. The molecule has 16 heavy (non-hydrogen) atoms. The second kappa shape index (κ2) is 5.50. The fourth-order valence-corrected chi connectivity index (χ4v) is 3.01. The molecule has 2 nitrogen and oxygen atoms in total. The summed E-state index contributed by atoms with van der Waals surface area (Å²) in [7, 11) is 0. The zero-order chi connectivity index (χ0) is 11.5. The maximum Gasteiger partial charge on any atom is 0.0695 e. The molecule has 0 heterocycles. The molecule has 1 unspecified atom stereocenters. The lowest BCUT2D eigenvalue weighted by atomic mass is 10.00. The maximum absolute atomic E-state index is 10.3. The summed E-state index contributed by atoms with van der Waals surface area (Å²) in [6.45, 7) is 6.64. The first-order chi connectivity index (χ1) is 7.66. The molecule has 0 amide bonds. The van der Waals surface area contributed by atoms with E-state index >= 15 is 0 Å². The van der Waals surface area contributed by atoms with Crippen LogP contribution in [-0.4, -0.2) is 35.2 Å². The van der Waals surface area contributed by atoms with Crippen molar-refractivity contribution < 1.29 is 5.11 Å². The average molecular weight is 225 g/mol.